The molecule has 0 heterocycles. The van der Waals surface area contributed by atoms with E-state index in [1.807, 2.05) is 6.07 Å². The van der Waals surface area contributed by atoms with Crippen LogP contribution in [-0.2, 0) is 11.8 Å². The summed E-state index contributed by atoms with van der Waals surface area (Å²) in [6, 6.07) is 19.3. The Labute approximate surface area is 152 Å². The normalized spacial score (nSPS) is 23.6. The van der Waals surface area contributed by atoms with Crippen molar-refractivity contribution in [2.24, 2.45) is 11.7 Å². The van der Waals surface area contributed by atoms with Gasteiger partial charge in [-0.1, -0.05) is 74.5 Å². The predicted octanol–water partition coefficient (Wildman–Crippen LogP) is 5.86. The van der Waals surface area contributed by atoms with Gasteiger partial charge in [-0.05, 0) is 65.4 Å². The van der Waals surface area contributed by atoms with Crippen LogP contribution in [0.3, 0.4) is 0 Å². The van der Waals surface area contributed by atoms with Crippen LogP contribution in [0.1, 0.15) is 50.3 Å². The molecule has 1 fully saturated rings. The lowest BCUT2D eigenvalue weighted by Crippen LogP contribution is -2.10. The van der Waals surface area contributed by atoms with Crippen molar-refractivity contribution in [1.29, 1.82) is 0 Å². The van der Waals surface area contributed by atoms with Crippen LogP contribution in [0.5, 0.6) is 0 Å². The average molecular weight is 332 g/mol. The van der Waals surface area contributed by atoms with Crippen molar-refractivity contribution in [3.05, 3.63) is 89.1 Å². The van der Waals surface area contributed by atoms with Crippen LogP contribution in [0.15, 0.2) is 72.4 Å². The SMILES string of the molecule is CCC1(c2ccccc2C/C=C(C)\C(=C/N)c2ccccc2)CC1C. The molecule has 2 atom stereocenters. The van der Waals surface area contributed by atoms with Gasteiger partial charge < -0.3 is 5.73 Å². The number of benzene rings is 2. The van der Waals surface area contributed by atoms with Crippen LogP contribution in [0, 0.1) is 5.92 Å². The van der Waals surface area contributed by atoms with Crippen molar-refractivity contribution in [3.63, 3.8) is 0 Å². The van der Waals surface area contributed by atoms with Crippen LogP contribution in [0.25, 0.3) is 5.57 Å². The minimum Gasteiger partial charge on any atom is -0.404 e. The summed E-state index contributed by atoms with van der Waals surface area (Å²) in [7, 11) is 0. The van der Waals surface area contributed by atoms with E-state index in [1.165, 1.54) is 29.5 Å². The second kappa shape index (κ2) is 7.31. The predicted molar refractivity (Wildman–Crippen MR) is 108 cm³/mol. The topological polar surface area (TPSA) is 26.0 Å². The Kier molecular flexibility index (Phi) is 5.13. The molecule has 1 nitrogen and oxygen atoms in total. The number of hydrogen-bond acceptors (Lipinski definition) is 1. The molecular formula is C24H29N. The van der Waals surface area contributed by atoms with E-state index in [4.69, 9.17) is 5.73 Å². The molecule has 3 rings (SSSR count). The first kappa shape index (κ1) is 17.5. The van der Waals surface area contributed by atoms with Crippen molar-refractivity contribution in [1.82, 2.24) is 0 Å². The van der Waals surface area contributed by atoms with E-state index in [9.17, 15) is 0 Å². The van der Waals surface area contributed by atoms with Gasteiger partial charge >= 0.3 is 0 Å². The fraction of sp³-hybridized carbons (Fsp3) is 0.333. The molecule has 2 N–H and O–H groups in total. The van der Waals surface area contributed by atoms with Gasteiger partial charge in [0.25, 0.3) is 0 Å². The Hall–Kier alpha value is -2.28. The smallest absolute Gasteiger partial charge is 0.00201 e. The zero-order chi connectivity index (χ0) is 17.9. The summed E-state index contributed by atoms with van der Waals surface area (Å²) in [6.45, 7) is 6.86. The molecule has 0 aromatic heterocycles. The third-order valence-electron chi connectivity index (χ3n) is 5.94. The van der Waals surface area contributed by atoms with E-state index >= 15 is 0 Å². The van der Waals surface area contributed by atoms with Gasteiger partial charge in [0, 0.05) is 6.20 Å². The Morgan fingerprint density at radius 1 is 1.12 bits per heavy atom. The molecule has 0 saturated heterocycles. The van der Waals surface area contributed by atoms with Crippen molar-refractivity contribution in [3.8, 4) is 0 Å². The van der Waals surface area contributed by atoms with Crippen LogP contribution in [0.4, 0.5) is 0 Å². The van der Waals surface area contributed by atoms with Gasteiger partial charge in [0.05, 0.1) is 0 Å². The highest BCUT2D eigenvalue weighted by molar-refractivity contribution is 5.78. The Morgan fingerprint density at radius 3 is 2.36 bits per heavy atom. The van der Waals surface area contributed by atoms with Gasteiger partial charge in [-0.2, -0.15) is 0 Å². The summed E-state index contributed by atoms with van der Waals surface area (Å²) >= 11 is 0. The number of rotatable bonds is 6. The largest absolute Gasteiger partial charge is 0.404 e. The van der Waals surface area contributed by atoms with E-state index in [1.54, 1.807) is 11.8 Å². The summed E-state index contributed by atoms with van der Waals surface area (Å²) in [5.74, 6) is 0.799. The van der Waals surface area contributed by atoms with Gasteiger partial charge in [-0.3, -0.25) is 0 Å². The molecule has 0 bridgehead atoms. The summed E-state index contributed by atoms with van der Waals surface area (Å²) < 4.78 is 0. The lowest BCUT2D eigenvalue weighted by molar-refractivity contribution is 0.602. The molecule has 2 aromatic carbocycles. The van der Waals surface area contributed by atoms with Gasteiger partial charge in [0.1, 0.15) is 0 Å². The molecule has 2 unspecified atom stereocenters. The zero-order valence-corrected chi connectivity index (χ0v) is 15.6. The van der Waals surface area contributed by atoms with E-state index in [-0.39, 0.29) is 0 Å². The number of allylic oxidation sites excluding steroid dienone is 3. The number of hydrogen-bond donors (Lipinski definition) is 1. The lowest BCUT2D eigenvalue weighted by Gasteiger charge is -2.19. The molecule has 0 amide bonds. The van der Waals surface area contributed by atoms with Gasteiger partial charge in [-0.15, -0.1) is 0 Å². The highest BCUT2D eigenvalue weighted by Gasteiger charge is 2.51. The highest BCUT2D eigenvalue weighted by Crippen LogP contribution is 2.57. The van der Waals surface area contributed by atoms with Crippen LogP contribution < -0.4 is 5.73 Å². The molecule has 1 saturated carbocycles. The molecule has 1 aliphatic carbocycles. The third-order valence-corrected chi connectivity index (χ3v) is 5.94. The monoisotopic (exact) mass is 331 g/mol. The molecule has 1 aliphatic rings. The quantitative estimate of drug-likeness (QED) is 0.659. The summed E-state index contributed by atoms with van der Waals surface area (Å²) in [5.41, 5.74) is 12.9. The second-order valence-corrected chi connectivity index (χ2v) is 7.31. The molecule has 0 radical (unpaired) electrons. The van der Waals surface area contributed by atoms with Gasteiger partial charge in [0.2, 0.25) is 0 Å². The molecular weight excluding hydrogens is 302 g/mol. The summed E-state index contributed by atoms with van der Waals surface area (Å²) in [5, 5.41) is 0. The standard InChI is InChI=1S/C24H29N/c1-4-24(16-19(24)3)23-13-9-8-12-21(23)15-14-18(2)22(17-25)20-10-6-5-7-11-20/h5-14,17,19H,4,15-16,25H2,1-3H3/b18-14-,22-17+. The van der Waals surface area contributed by atoms with Crippen LogP contribution in [0.2, 0.25) is 0 Å². The van der Waals surface area contributed by atoms with E-state index in [0.717, 1.165) is 17.9 Å². The van der Waals surface area contributed by atoms with Crippen molar-refractivity contribution in [2.75, 3.05) is 0 Å². The zero-order valence-electron chi connectivity index (χ0n) is 15.6. The van der Waals surface area contributed by atoms with E-state index < -0.39 is 0 Å². The van der Waals surface area contributed by atoms with Crippen LogP contribution in [-0.4, -0.2) is 0 Å². The Bertz CT molecular complexity index is 781. The van der Waals surface area contributed by atoms with Crippen molar-refractivity contribution < 1.29 is 0 Å². The Morgan fingerprint density at radius 2 is 1.76 bits per heavy atom. The molecule has 130 valence electrons. The fourth-order valence-electron chi connectivity index (χ4n) is 4.18. The van der Waals surface area contributed by atoms with Crippen molar-refractivity contribution in [2.45, 2.75) is 45.4 Å². The Balaban J connectivity index is 1.85. The molecule has 1 heteroatoms. The minimum atomic E-state index is 0.407. The van der Waals surface area contributed by atoms with Crippen LogP contribution >= 0.6 is 0 Å². The first-order chi connectivity index (χ1) is 12.1. The highest BCUT2D eigenvalue weighted by atomic mass is 14.5. The number of nitrogens with two attached hydrogens (primary N) is 1. The van der Waals surface area contributed by atoms with E-state index in [0.29, 0.717) is 5.41 Å². The van der Waals surface area contributed by atoms with Crippen molar-refractivity contribution >= 4 is 5.57 Å². The molecule has 2 aromatic rings. The summed E-state index contributed by atoms with van der Waals surface area (Å²) in [6.07, 6.45) is 7.55. The summed E-state index contributed by atoms with van der Waals surface area (Å²) in [4.78, 5) is 0. The molecule has 0 aliphatic heterocycles. The first-order valence-electron chi connectivity index (χ1n) is 9.35. The fourth-order valence-corrected chi connectivity index (χ4v) is 4.18. The van der Waals surface area contributed by atoms with Gasteiger partial charge in [0.15, 0.2) is 0 Å². The third kappa shape index (κ3) is 3.42. The maximum atomic E-state index is 5.92. The van der Waals surface area contributed by atoms with E-state index in [2.05, 4.69) is 75.4 Å². The molecule has 0 spiro atoms. The molecule has 25 heavy (non-hydrogen) atoms. The second-order valence-electron chi connectivity index (χ2n) is 7.31. The minimum absolute atomic E-state index is 0.407. The maximum Gasteiger partial charge on any atom is 0.00201 e. The average Bonchev–Trinajstić information content (AvgIpc) is 3.33. The van der Waals surface area contributed by atoms with Gasteiger partial charge in [-0.25, -0.2) is 0 Å². The lowest BCUT2D eigenvalue weighted by atomic mass is 9.85. The first-order valence-corrected chi connectivity index (χ1v) is 9.35. The maximum absolute atomic E-state index is 5.92.